The van der Waals surface area contributed by atoms with Gasteiger partial charge in [0.25, 0.3) is 5.56 Å². The second-order valence-electron chi connectivity index (χ2n) is 6.73. The highest BCUT2D eigenvalue weighted by Gasteiger charge is 2.26. The van der Waals surface area contributed by atoms with Gasteiger partial charge in [0.15, 0.2) is 16.4 Å². The Morgan fingerprint density at radius 2 is 1.87 bits per heavy atom. The molecule has 0 aliphatic carbocycles. The van der Waals surface area contributed by atoms with Crippen LogP contribution in [0.15, 0.2) is 53.3 Å². The number of pyridine rings is 1. The molecule has 0 aliphatic heterocycles. The fraction of sp³-hybridized carbons (Fsp3) is 0.174. The Kier molecular flexibility index (Phi) is 5.56. The van der Waals surface area contributed by atoms with E-state index >= 15 is 0 Å². The van der Waals surface area contributed by atoms with Crippen molar-refractivity contribution in [2.75, 3.05) is 13.7 Å². The number of fused-ring (bicyclic) bond motifs is 3. The maximum Gasteiger partial charge on any atom is 0.352 e. The van der Waals surface area contributed by atoms with E-state index in [0.717, 1.165) is 11.3 Å². The van der Waals surface area contributed by atoms with Gasteiger partial charge in [-0.25, -0.2) is 9.18 Å². The molecule has 0 aliphatic rings. The number of ketones is 1. The molecule has 0 bridgehead atoms. The van der Waals surface area contributed by atoms with E-state index < -0.39 is 17.3 Å². The van der Waals surface area contributed by atoms with Crippen LogP contribution in [0.25, 0.3) is 21.0 Å². The smallest absolute Gasteiger partial charge is 0.352 e. The fourth-order valence-corrected chi connectivity index (χ4v) is 4.69. The second kappa shape index (κ2) is 8.31. The maximum absolute atomic E-state index is 14.1. The SMILES string of the molecule is CCOC(=O)c1sc2c(c1OC)c(=O)n(CC(=O)c1ccccc1)c1ccc(F)cc21. The summed E-state index contributed by atoms with van der Waals surface area (Å²) in [5, 5.41) is 0.531. The molecule has 0 atom stereocenters. The Morgan fingerprint density at radius 1 is 1.13 bits per heavy atom. The first kappa shape index (κ1) is 20.7. The molecule has 4 aromatic rings. The van der Waals surface area contributed by atoms with Gasteiger partial charge in [0.05, 0.1) is 30.5 Å². The monoisotopic (exact) mass is 439 g/mol. The number of thiophene rings is 1. The molecule has 0 saturated heterocycles. The summed E-state index contributed by atoms with van der Waals surface area (Å²) in [7, 11) is 1.35. The summed E-state index contributed by atoms with van der Waals surface area (Å²) >= 11 is 1.01. The van der Waals surface area contributed by atoms with Crippen LogP contribution < -0.4 is 10.3 Å². The highest BCUT2D eigenvalue weighted by atomic mass is 32.1. The Balaban J connectivity index is 2.02. The minimum absolute atomic E-state index is 0.0653. The number of hydrogen-bond donors (Lipinski definition) is 0. The van der Waals surface area contributed by atoms with Gasteiger partial charge in [-0.3, -0.25) is 14.2 Å². The highest BCUT2D eigenvalue weighted by Crippen LogP contribution is 2.40. The van der Waals surface area contributed by atoms with Gasteiger partial charge in [0, 0.05) is 10.9 Å². The van der Waals surface area contributed by atoms with Crippen LogP contribution in [-0.4, -0.2) is 30.0 Å². The molecule has 0 unspecified atom stereocenters. The molecule has 2 aromatic carbocycles. The summed E-state index contributed by atoms with van der Waals surface area (Å²) in [6.07, 6.45) is 0. The molecule has 6 nitrogen and oxygen atoms in total. The van der Waals surface area contributed by atoms with Gasteiger partial charge in [-0.2, -0.15) is 0 Å². The van der Waals surface area contributed by atoms with Crippen LogP contribution in [0.5, 0.6) is 5.75 Å². The number of methoxy groups -OCH3 is 1. The average molecular weight is 439 g/mol. The summed E-state index contributed by atoms with van der Waals surface area (Å²) < 4.78 is 26.3. The number of esters is 1. The molecule has 0 radical (unpaired) electrons. The molecule has 0 spiro atoms. The number of ether oxygens (including phenoxy) is 2. The van der Waals surface area contributed by atoms with Crippen LogP contribution in [0.4, 0.5) is 4.39 Å². The van der Waals surface area contributed by atoms with E-state index in [1.807, 2.05) is 0 Å². The quantitative estimate of drug-likeness (QED) is 0.328. The topological polar surface area (TPSA) is 74.6 Å². The molecular weight excluding hydrogens is 421 g/mol. The zero-order valence-electron chi connectivity index (χ0n) is 16.8. The molecule has 31 heavy (non-hydrogen) atoms. The first-order valence-electron chi connectivity index (χ1n) is 9.54. The Bertz CT molecular complexity index is 1370. The number of rotatable bonds is 6. The summed E-state index contributed by atoms with van der Waals surface area (Å²) in [6.45, 7) is 1.58. The van der Waals surface area contributed by atoms with Crippen LogP contribution in [-0.2, 0) is 11.3 Å². The lowest BCUT2D eigenvalue weighted by Gasteiger charge is -2.12. The van der Waals surface area contributed by atoms with Gasteiger partial charge in [-0.15, -0.1) is 11.3 Å². The van der Waals surface area contributed by atoms with E-state index in [1.54, 1.807) is 37.3 Å². The van der Waals surface area contributed by atoms with E-state index in [1.165, 1.54) is 29.9 Å². The summed E-state index contributed by atoms with van der Waals surface area (Å²) in [4.78, 5) is 38.8. The molecule has 158 valence electrons. The predicted octanol–water partition coefficient (Wildman–Crippen LogP) is 4.42. The van der Waals surface area contributed by atoms with Crippen molar-refractivity contribution in [3.63, 3.8) is 0 Å². The Morgan fingerprint density at radius 3 is 2.55 bits per heavy atom. The molecule has 4 rings (SSSR count). The third-order valence-corrected chi connectivity index (χ3v) is 6.06. The zero-order chi connectivity index (χ0) is 22.1. The minimum Gasteiger partial charge on any atom is -0.494 e. The maximum atomic E-state index is 14.1. The largest absolute Gasteiger partial charge is 0.494 e. The van der Waals surface area contributed by atoms with E-state index in [9.17, 15) is 18.8 Å². The van der Waals surface area contributed by atoms with Crippen molar-refractivity contribution >= 4 is 44.1 Å². The Labute approximate surface area is 180 Å². The number of nitrogens with zero attached hydrogens (tertiary/aromatic N) is 1. The van der Waals surface area contributed by atoms with Gasteiger partial charge in [-0.05, 0) is 25.1 Å². The molecule has 0 N–H and O–H groups in total. The first-order valence-corrected chi connectivity index (χ1v) is 10.4. The van der Waals surface area contributed by atoms with Crippen molar-refractivity contribution in [3.05, 3.63) is 75.1 Å². The number of benzene rings is 2. The normalized spacial score (nSPS) is 11.1. The number of Topliss-reactive ketones (excluding diaryl/α,β-unsaturated/α-hetero) is 1. The standard InChI is InChI=1S/C23H18FNO5S/c1-3-30-23(28)21-19(29-2)18-20(31-21)15-11-14(24)9-10-16(15)25(22(18)27)12-17(26)13-7-5-4-6-8-13/h4-11H,3,12H2,1-2H3. The third-order valence-electron chi connectivity index (χ3n) is 4.88. The molecule has 8 heteroatoms. The van der Waals surface area contributed by atoms with Crippen molar-refractivity contribution in [1.82, 2.24) is 4.57 Å². The molecule has 0 fully saturated rings. The van der Waals surface area contributed by atoms with Crippen molar-refractivity contribution < 1.29 is 23.5 Å². The summed E-state index contributed by atoms with van der Waals surface area (Å²) in [6, 6.07) is 12.6. The van der Waals surface area contributed by atoms with Gasteiger partial charge in [-0.1, -0.05) is 30.3 Å². The average Bonchev–Trinajstić information content (AvgIpc) is 3.17. The number of hydrogen-bond acceptors (Lipinski definition) is 6. The zero-order valence-corrected chi connectivity index (χ0v) is 17.6. The lowest BCUT2D eigenvalue weighted by Crippen LogP contribution is -2.25. The predicted molar refractivity (Wildman–Crippen MR) is 117 cm³/mol. The lowest BCUT2D eigenvalue weighted by atomic mass is 10.1. The van der Waals surface area contributed by atoms with Crippen LogP contribution in [0.3, 0.4) is 0 Å². The van der Waals surface area contributed by atoms with Gasteiger partial charge >= 0.3 is 5.97 Å². The highest BCUT2D eigenvalue weighted by molar-refractivity contribution is 7.22. The van der Waals surface area contributed by atoms with Crippen LogP contribution in [0.1, 0.15) is 27.0 Å². The molecule has 2 aromatic heterocycles. The van der Waals surface area contributed by atoms with E-state index in [-0.39, 0.29) is 34.9 Å². The Hall–Kier alpha value is -3.52. The van der Waals surface area contributed by atoms with Crippen molar-refractivity contribution in [3.8, 4) is 5.75 Å². The van der Waals surface area contributed by atoms with Crippen LogP contribution in [0.2, 0.25) is 0 Å². The lowest BCUT2D eigenvalue weighted by molar-refractivity contribution is 0.0529. The number of carbonyl (C=O) groups is 2. The van der Waals surface area contributed by atoms with Crippen LogP contribution in [0, 0.1) is 5.82 Å². The number of aromatic nitrogens is 1. The van der Waals surface area contributed by atoms with E-state index in [2.05, 4.69) is 0 Å². The first-order chi connectivity index (χ1) is 15.0. The number of carbonyl (C=O) groups excluding carboxylic acids is 2. The third kappa shape index (κ3) is 3.59. The molecule has 0 saturated carbocycles. The van der Waals surface area contributed by atoms with Crippen molar-refractivity contribution in [1.29, 1.82) is 0 Å². The van der Waals surface area contributed by atoms with E-state index in [0.29, 0.717) is 21.2 Å². The van der Waals surface area contributed by atoms with Crippen molar-refractivity contribution in [2.45, 2.75) is 13.5 Å². The van der Waals surface area contributed by atoms with Gasteiger partial charge in [0.2, 0.25) is 0 Å². The van der Waals surface area contributed by atoms with Crippen LogP contribution >= 0.6 is 11.3 Å². The van der Waals surface area contributed by atoms with Crippen molar-refractivity contribution in [2.24, 2.45) is 0 Å². The molecular formula is C23H18FNO5S. The minimum atomic E-state index is -0.628. The second-order valence-corrected chi connectivity index (χ2v) is 7.75. The number of halogens is 1. The molecule has 0 amide bonds. The molecule has 2 heterocycles. The summed E-state index contributed by atoms with van der Waals surface area (Å²) in [5.74, 6) is -1.34. The fourth-order valence-electron chi connectivity index (χ4n) is 3.51. The van der Waals surface area contributed by atoms with Gasteiger partial charge in [0.1, 0.15) is 11.2 Å². The summed E-state index contributed by atoms with van der Waals surface area (Å²) in [5.41, 5.74) is 0.346. The van der Waals surface area contributed by atoms with E-state index in [4.69, 9.17) is 9.47 Å². The van der Waals surface area contributed by atoms with Gasteiger partial charge < -0.3 is 9.47 Å².